The van der Waals surface area contributed by atoms with E-state index in [-0.39, 0.29) is 5.91 Å². The first-order valence-corrected chi connectivity index (χ1v) is 6.28. The van der Waals surface area contributed by atoms with Crippen LogP contribution in [-0.4, -0.2) is 18.2 Å². The zero-order valence-electron chi connectivity index (χ0n) is 9.25. The van der Waals surface area contributed by atoms with E-state index in [2.05, 4.69) is 36.5 Å². The lowest BCUT2D eigenvalue weighted by Crippen LogP contribution is -2.24. The average molecular weight is 223 g/mol. The number of thioether (sulfide) groups is 1. The highest BCUT2D eigenvalue weighted by Gasteiger charge is 1.99. The largest absolute Gasteiger partial charge is 0.356 e. The van der Waals surface area contributed by atoms with Gasteiger partial charge in [0.25, 0.3) is 0 Å². The van der Waals surface area contributed by atoms with Crippen molar-refractivity contribution in [3.05, 3.63) is 35.4 Å². The van der Waals surface area contributed by atoms with Gasteiger partial charge < -0.3 is 5.32 Å². The van der Waals surface area contributed by atoms with Crippen LogP contribution in [0.3, 0.4) is 0 Å². The number of amides is 1. The number of rotatable bonds is 5. The maximum atomic E-state index is 11.2. The molecule has 0 spiro atoms. The van der Waals surface area contributed by atoms with Crippen molar-refractivity contribution >= 4 is 17.7 Å². The van der Waals surface area contributed by atoms with Crippen molar-refractivity contribution in [1.82, 2.24) is 5.32 Å². The smallest absolute Gasteiger partial charge is 0.229 e. The second-order valence-corrected chi connectivity index (χ2v) is 4.42. The summed E-state index contributed by atoms with van der Waals surface area (Å²) in [6.07, 6.45) is 0. The van der Waals surface area contributed by atoms with Crippen molar-refractivity contribution in [2.24, 2.45) is 0 Å². The van der Waals surface area contributed by atoms with Gasteiger partial charge in [-0.3, -0.25) is 4.79 Å². The minimum absolute atomic E-state index is 0.121. The fourth-order valence-corrected chi connectivity index (χ4v) is 2.12. The third kappa shape index (κ3) is 4.88. The second kappa shape index (κ2) is 6.51. The summed E-state index contributed by atoms with van der Waals surface area (Å²) in [6.45, 7) is 4.73. The Bertz CT molecular complexity index is 325. The Morgan fingerprint density at radius 3 is 2.93 bits per heavy atom. The molecule has 1 aromatic rings. The summed E-state index contributed by atoms with van der Waals surface area (Å²) in [5.41, 5.74) is 2.55. The Hall–Kier alpha value is -0.960. The van der Waals surface area contributed by atoms with Gasteiger partial charge in [-0.25, -0.2) is 0 Å². The minimum Gasteiger partial charge on any atom is -0.356 e. The van der Waals surface area contributed by atoms with Gasteiger partial charge in [-0.2, -0.15) is 0 Å². The van der Waals surface area contributed by atoms with E-state index >= 15 is 0 Å². The minimum atomic E-state index is 0.121. The molecule has 0 aromatic heterocycles. The van der Waals surface area contributed by atoms with Crippen LogP contribution in [0.2, 0.25) is 0 Å². The SMILES string of the molecule is CCNC(=O)CSCc1cccc(C)c1. The van der Waals surface area contributed by atoms with Gasteiger partial charge in [0.1, 0.15) is 0 Å². The summed E-state index contributed by atoms with van der Waals surface area (Å²) < 4.78 is 0. The van der Waals surface area contributed by atoms with E-state index in [9.17, 15) is 4.79 Å². The molecule has 0 aliphatic carbocycles. The quantitative estimate of drug-likeness (QED) is 0.830. The van der Waals surface area contributed by atoms with Crippen LogP contribution in [0, 0.1) is 6.92 Å². The van der Waals surface area contributed by atoms with Crippen LogP contribution < -0.4 is 5.32 Å². The fraction of sp³-hybridized carbons (Fsp3) is 0.417. The molecule has 1 rings (SSSR count). The lowest BCUT2D eigenvalue weighted by atomic mass is 10.2. The number of carbonyl (C=O) groups is 1. The zero-order valence-corrected chi connectivity index (χ0v) is 10.1. The van der Waals surface area contributed by atoms with Gasteiger partial charge in [0, 0.05) is 12.3 Å². The molecule has 15 heavy (non-hydrogen) atoms. The van der Waals surface area contributed by atoms with Gasteiger partial charge in [-0.15, -0.1) is 11.8 Å². The maximum absolute atomic E-state index is 11.2. The molecule has 2 nitrogen and oxygen atoms in total. The molecule has 0 radical (unpaired) electrons. The molecule has 0 aliphatic rings. The van der Waals surface area contributed by atoms with E-state index in [1.165, 1.54) is 11.1 Å². The summed E-state index contributed by atoms with van der Waals surface area (Å²) in [7, 11) is 0. The van der Waals surface area contributed by atoms with Crippen LogP contribution in [0.25, 0.3) is 0 Å². The molecule has 0 unspecified atom stereocenters. The van der Waals surface area contributed by atoms with Crippen LogP contribution in [-0.2, 0) is 10.5 Å². The van der Waals surface area contributed by atoms with Gasteiger partial charge in [0.15, 0.2) is 0 Å². The van der Waals surface area contributed by atoms with E-state index in [4.69, 9.17) is 0 Å². The molecule has 0 bridgehead atoms. The molecule has 3 heteroatoms. The van der Waals surface area contributed by atoms with Crippen molar-refractivity contribution in [1.29, 1.82) is 0 Å². The van der Waals surface area contributed by atoms with Crippen LogP contribution in [0.5, 0.6) is 0 Å². The molecule has 1 N–H and O–H groups in total. The first-order chi connectivity index (χ1) is 7.22. The van der Waals surface area contributed by atoms with Crippen LogP contribution >= 0.6 is 11.8 Å². The third-order valence-electron chi connectivity index (χ3n) is 1.96. The molecular weight excluding hydrogens is 206 g/mol. The Balaban J connectivity index is 2.28. The van der Waals surface area contributed by atoms with Crippen molar-refractivity contribution in [2.75, 3.05) is 12.3 Å². The number of nitrogens with one attached hydrogen (secondary N) is 1. The molecule has 0 heterocycles. The summed E-state index contributed by atoms with van der Waals surface area (Å²) in [6, 6.07) is 8.39. The lowest BCUT2D eigenvalue weighted by Gasteiger charge is -2.03. The molecule has 82 valence electrons. The van der Waals surface area contributed by atoms with Crippen LogP contribution in [0.4, 0.5) is 0 Å². The highest BCUT2D eigenvalue weighted by Crippen LogP contribution is 2.12. The third-order valence-corrected chi connectivity index (χ3v) is 2.96. The molecule has 1 amide bonds. The number of hydrogen-bond donors (Lipinski definition) is 1. The van der Waals surface area contributed by atoms with E-state index in [0.717, 1.165) is 5.75 Å². The topological polar surface area (TPSA) is 29.1 Å². The summed E-state index contributed by atoms with van der Waals surface area (Å²) in [5.74, 6) is 1.57. The monoisotopic (exact) mass is 223 g/mol. The van der Waals surface area contributed by atoms with Gasteiger partial charge in [-0.1, -0.05) is 29.8 Å². The Kier molecular flexibility index (Phi) is 5.26. The first kappa shape index (κ1) is 12.1. The van der Waals surface area contributed by atoms with Crippen molar-refractivity contribution in [2.45, 2.75) is 19.6 Å². The Labute approximate surface area is 95.5 Å². The average Bonchev–Trinajstić information content (AvgIpc) is 2.18. The van der Waals surface area contributed by atoms with E-state index < -0.39 is 0 Å². The van der Waals surface area contributed by atoms with E-state index in [0.29, 0.717) is 12.3 Å². The maximum Gasteiger partial charge on any atom is 0.229 e. The normalized spacial score (nSPS) is 10.0. The summed E-state index contributed by atoms with van der Waals surface area (Å²) >= 11 is 1.65. The molecule has 0 saturated carbocycles. The predicted molar refractivity (Wildman–Crippen MR) is 66.0 cm³/mol. The molecular formula is C12H17NOS. The molecule has 0 aliphatic heterocycles. The van der Waals surface area contributed by atoms with Crippen LogP contribution in [0.1, 0.15) is 18.1 Å². The number of benzene rings is 1. The van der Waals surface area contributed by atoms with Gasteiger partial charge in [-0.05, 0) is 19.4 Å². The summed E-state index contributed by atoms with van der Waals surface area (Å²) in [5, 5.41) is 2.78. The van der Waals surface area contributed by atoms with Crippen molar-refractivity contribution < 1.29 is 4.79 Å². The molecule has 1 aromatic carbocycles. The number of carbonyl (C=O) groups excluding carboxylic acids is 1. The van der Waals surface area contributed by atoms with Crippen LogP contribution in [0.15, 0.2) is 24.3 Å². The Morgan fingerprint density at radius 2 is 2.27 bits per heavy atom. The molecule has 0 saturated heterocycles. The van der Waals surface area contributed by atoms with Gasteiger partial charge >= 0.3 is 0 Å². The fourth-order valence-electron chi connectivity index (χ4n) is 1.31. The number of hydrogen-bond acceptors (Lipinski definition) is 2. The van der Waals surface area contributed by atoms with Crippen molar-refractivity contribution in [3.8, 4) is 0 Å². The Morgan fingerprint density at radius 1 is 1.47 bits per heavy atom. The lowest BCUT2D eigenvalue weighted by molar-refractivity contribution is -0.118. The zero-order chi connectivity index (χ0) is 11.1. The standard InChI is InChI=1S/C12H17NOS/c1-3-13-12(14)9-15-8-11-6-4-5-10(2)7-11/h4-7H,3,8-9H2,1-2H3,(H,13,14). The first-order valence-electron chi connectivity index (χ1n) is 5.12. The summed E-state index contributed by atoms with van der Waals surface area (Å²) in [4.78, 5) is 11.2. The van der Waals surface area contributed by atoms with Crippen molar-refractivity contribution in [3.63, 3.8) is 0 Å². The molecule has 0 atom stereocenters. The van der Waals surface area contributed by atoms with E-state index in [1.54, 1.807) is 11.8 Å². The second-order valence-electron chi connectivity index (χ2n) is 3.44. The number of aryl methyl sites for hydroxylation is 1. The highest BCUT2D eigenvalue weighted by atomic mass is 32.2. The van der Waals surface area contributed by atoms with Gasteiger partial charge in [0.2, 0.25) is 5.91 Å². The molecule has 0 fully saturated rings. The predicted octanol–water partition coefficient (Wildman–Crippen LogP) is 2.36. The highest BCUT2D eigenvalue weighted by molar-refractivity contribution is 7.99. The van der Waals surface area contributed by atoms with E-state index in [1.807, 2.05) is 6.92 Å². The van der Waals surface area contributed by atoms with Gasteiger partial charge in [0.05, 0.1) is 5.75 Å².